The predicted molar refractivity (Wildman–Crippen MR) is 161 cm³/mol. The van der Waals surface area contributed by atoms with Gasteiger partial charge in [0.25, 0.3) is 5.92 Å². The van der Waals surface area contributed by atoms with E-state index in [1.54, 1.807) is 25.1 Å². The Morgan fingerprint density at radius 1 is 1.02 bits per heavy atom. The smallest absolute Gasteiger partial charge is 0.306 e. The van der Waals surface area contributed by atoms with Crippen LogP contribution >= 0.6 is 0 Å². The summed E-state index contributed by atoms with van der Waals surface area (Å²) >= 11 is 0. The van der Waals surface area contributed by atoms with Crippen LogP contribution in [0.25, 0.3) is 11.0 Å². The predicted octanol–water partition coefficient (Wildman–Crippen LogP) is 5.72. The summed E-state index contributed by atoms with van der Waals surface area (Å²) in [6.07, 6.45) is 3.65. The molecule has 45 heavy (non-hydrogen) atoms. The summed E-state index contributed by atoms with van der Waals surface area (Å²) < 4.78 is 50.3. The quantitative estimate of drug-likeness (QED) is 0.308. The second kappa shape index (κ2) is 11.8. The van der Waals surface area contributed by atoms with Crippen LogP contribution in [0.4, 0.5) is 8.78 Å². The van der Waals surface area contributed by atoms with Gasteiger partial charge in [0, 0.05) is 17.9 Å². The molecule has 244 valence electrons. The SMILES string of the molecule is COc1ccc2nc3c(nc2c1)O[C@H]1CN(C(=O)[C@H](C(C)(C)C)CC(=O)O[C@@H]2CCC[C@H]2CCC2CC2C3(F)F)[C@H](C=O)[C@@H]1C. The molecule has 2 bridgehead atoms. The summed E-state index contributed by atoms with van der Waals surface area (Å²) in [4.78, 5) is 50.2. The van der Waals surface area contributed by atoms with Gasteiger partial charge in [-0.2, -0.15) is 8.78 Å². The molecule has 3 fully saturated rings. The zero-order valence-corrected chi connectivity index (χ0v) is 26.6. The third-order valence-corrected chi connectivity index (χ3v) is 10.6. The van der Waals surface area contributed by atoms with Crippen LogP contribution in [0.3, 0.4) is 0 Å². The van der Waals surface area contributed by atoms with Crippen molar-refractivity contribution in [2.45, 2.75) is 96.8 Å². The minimum absolute atomic E-state index is 0.0232. The van der Waals surface area contributed by atoms with Crippen molar-refractivity contribution in [2.75, 3.05) is 13.7 Å². The number of nitrogens with zero attached hydrogens (tertiary/aromatic N) is 3. The molecule has 8 atom stereocenters. The molecule has 0 spiro atoms. The standard InChI is InChI=1S/C34H43F2N3O6/c1-18-26(17-40)39-16-28(18)45-31-30(37-24-12-11-21(43-5)14-25(24)38-31)34(35,36)22-13-20(22)10-9-19-7-6-8-27(19)44-29(41)15-23(32(39)42)33(2,3)4/h11-12,14,17-20,22-23,26-28H,6-10,13,15-16H2,1-5H3/t18-,19-,20?,22?,23+,26+,27+,28-/m0/s1. The fourth-order valence-corrected chi connectivity index (χ4v) is 7.60. The van der Waals surface area contributed by atoms with Gasteiger partial charge in [-0.1, -0.05) is 27.7 Å². The number of aldehydes is 1. The van der Waals surface area contributed by atoms with E-state index in [-0.39, 0.29) is 42.7 Å². The number of carbonyl (C=O) groups excluding carboxylic acids is 3. The second-order valence-electron chi connectivity index (χ2n) is 14.5. The number of hydrogen-bond donors (Lipinski definition) is 0. The van der Waals surface area contributed by atoms with Crippen LogP contribution in [0, 0.1) is 35.0 Å². The Morgan fingerprint density at radius 3 is 2.49 bits per heavy atom. The Labute approximate surface area is 262 Å². The van der Waals surface area contributed by atoms with Crippen molar-refractivity contribution in [2.24, 2.45) is 35.0 Å². The molecule has 1 aromatic heterocycles. The largest absolute Gasteiger partial charge is 0.497 e. The highest BCUT2D eigenvalue weighted by Crippen LogP contribution is 2.58. The van der Waals surface area contributed by atoms with E-state index in [9.17, 15) is 14.4 Å². The zero-order chi connectivity index (χ0) is 32.3. The first-order chi connectivity index (χ1) is 21.3. The van der Waals surface area contributed by atoms with Crippen LogP contribution in [0.1, 0.15) is 78.3 Å². The van der Waals surface area contributed by atoms with Gasteiger partial charge in [0.05, 0.1) is 43.1 Å². The Kier molecular flexibility index (Phi) is 8.27. The van der Waals surface area contributed by atoms with Crippen molar-refractivity contribution in [1.29, 1.82) is 0 Å². The molecule has 1 saturated heterocycles. The van der Waals surface area contributed by atoms with Gasteiger partial charge in [-0.3, -0.25) is 9.59 Å². The second-order valence-corrected chi connectivity index (χ2v) is 14.5. The molecule has 1 aromatic carbocycles. The van der Waals surface area contributed by atoms with Gasteiger partial charge in [-0.05, 0) is 67.9 Å². The van der Waals surface area contributed by atoms with E-state index in [0.29, 0.717) is 42.3 Å². The third-order valence-electron chi connectivity index (χ3n) is 10.6. The number of aromatic nitrogens is 2. The summed E-state index contributed by atoms with van der Waals surface area (Å²) in [6, 6.07) is 4.00. The minimum Gasteiger partial charge on any atom is -0.497 e. The van der Waals surface area contributed by atoms with E-state index in [1.165, 1.54) is 12.0 Å². The lowest BCUT2D eigenvalue weighted by Gasteiger charge is -2.34. The van der Waals surface area contributed by atoms with Gasteiger partial charge in [0.1, 0.15) is 24.2 Å². The summed E-state index contributed by atoms with van der Waals surface area (Å²) in [5, 5.41) is 0. The summed E-state index contributed by atoms with van der Waals surface area (Å²) in [6.45, 7) is 7.39. The third kappa shape index (κ3) is 5.99. The van der Waals surface area contributed by atoms with Gasteiger partial charge in [-0.15, -0.1) is 0 Å². The number of carbonyl (C=O) groups is 3. The van der Waals surface area contributed by atoms with Gasteiger partial charge < -0.3 is 23.9 Å². The molecule has 0 N–H and O–H groups in total. The van der Waals surface area contributed by atoms with Crippen LogP contribution in [0.15, 0.2) is 18.2 Å². The number of rotatable bonds is 2. The van der Waals surface area contributed by atoms with Crippen LogP contribution in [0.5, 0.6) is 11.6 Å². The van der Waals surface area contributed by atoms with Crippen molar-refractivity contribution >= 4 is 29.2 Å². The van der Waals surface area contributed by atoms with Crippen molar-refractivity contribution in [3.8, 4) is 11.6 Å². The van der Waals surface area contributed by atoms with E-state index < -0.39 is 52.9 Å². The van der Waals surface area contributed by atoms with Gasteiger partial charge in [0.2, 0.25) is 11.8 Å². The molecule has 1 amide bonds. The van der Waals surface area contributed by atoms with E-state index in [4.69, 9.17) is 14.2 Å². The maximum Gasteiger partial charge on any atom is 0.306 e. The van der Waals surface area contributed by atoms with E-state index in [1.807, 2.05) is 20.8 Å². The lowest BCUT2D eigenvalue weighted by molar-refractivity contribution is -0.157. The van der Waals surface area contributed by atoms with Gasteiger partial charge in [-0.25, -0.2) is 9.97 Å². The summed E-state index contributed by atoms with van der Waals surface area (Å²) in [5.41, 5.74) is -0.500. The molecule has 2 aliphatic heterocycles. The fourth-order valence-electron chi connectivity index (χ4n) is 7.60. The van der Waals surface area contributed by atoms with Gasteiger partial charge in [0.15, 0.2) is 5.69 Å². The zero-order valence-electron chi connectivity index (χ0n) is 26.6. The minimum atomic E-state index is -3.31. The molecule has 2 unspecified atom stereocenters. The first-order valence-electron chi connectivity index (χ1n) is 16.2. The molecule has 2 saturated carbocycles. The number of amides is 1. The lowest BCUT2D eigenvalue weighted by atomic mass is 9.77. The maximum atomic E-state index is 16.4. The topological polar surface area (TPSA) is 108 Å². The monoisotopic (exact) mass is 627 g/mol. The van der Waals surface area contributed by atoms with Crippen LogP contribution in [-0.4, -0.2) is 64.9 Å². The number of esters is 1. The van der Waals surface area contributed by atoms with Crippen molar-refractivity contribution in [1.82, 2.24) is 14.9 Å². The molecule has 0 radical (unpaired) electrons. The normalized spacial score (nSPS) is 33.6. The number of ether oxygens (including phenoxy) is 3. The highest BCUT2D eigenvalue weighted by atomic mass is 19.3. The van der Waals surface area contributed by atoms with Crippen LogP contribution in [-0.2, 0) is 25.0 Å². The average Bonchev–Trinajstić information content (AvgIpc) is 3.56. The molecule has 9 nitrogen and oxygen atoms in total. The number of alkyl halides is 2. The molecular weight excluding hydrogens is 584 g/mol. The van der Waals surface area contributed by atoms with Crippen LogP contribution in [0.2, 0.25) is 0 Å². The molecule has 11 heteroatoms. The molecule has 4 aliphatic rings. The summed E-state index contributed by atoms with van der Waals surface area (Å²) in [5.74, 6) is -6.21. The first kappa shape index (κ1) is 31.6. The number of benzene rings is 1. The van der Waals surface area contributed by atoms with Crippen molar-refractivity contribution < 1.29 is 37.4 Å². The lowest BCUT2D eigenvalue weighted by Crippen LogP contribution is -2.46. The molecular formula is C34H43F2N3O6. The Balaban J connectivity index is 1.42. The van der Waals surface area contributed by atoms with Crippen molar-refractivity contribution in [3.05, 3.63) is 23.9 Å². The number of hydrogen-bond acceptors (Lipinski definition) is 8. The highest BCUT2D eigenvalue weighted by molar-refractivity contribution is 5.87. The maximum absolute atomic E-state index is 16.4. The fraction of sp³-hybridized carbons (Fsp3) is 0.676. The molecule has 3 heterocycles. The number of halogens is 2. The Morgan fingerprint density at radius 2 is 1.78 bits per heavy atom. The van der Waals surface area contributed by atoms with Crippen molar-refractivity contribution in [3.63, 3.8) is 0 Å². The van der Waals surface area contributed by atoms with E-state index in [0.717, 1.165) is 19.3 Å². The Hall–Kier alpha value is -3.37. The Bertz CT molecular complexity index is 1480. The molecule has 6 rings (SSSR count). The molecule has 2 aliphatic carbocycles. The summed E-state index contributed by atoms with van der Waals surface area (Å²) in [7, 11) is 1.50. The van der Waals surface area contributed by atoms with E-state index >= 15 is 8.78 Å². The molecule has 2 aromatic rings. The first-order valence-corrected chi connectivity index (χ1v) is 16.2. The van der Waals surface area contributed by atoms with Crippen LogP contribution < -0.4 is 9.47 Å². The number of fused-ring (bicyclic) bond motifs is 6. The van der Waals surface area contributed by atoms with Gasteiger partial charge >= 0.3 is 5.97 Å². The average molecular weight is 628 g/mol. The van der Waals surface area contributed by atoms with E-state index in [2.05, 4.69) is 9.97 Å². The number of methoxy groups -OCH3 is 1. The highest BCUT2D eigenvalue weighted by Gasteiger charge is 2.58.